The Balaban J connectivity index is 1.68. The van der Waals surface area contributed by atoms with Crippen molar-refractivity contribution in [3.05, 3.63) is 71.8 Å². The highest BCUT2D eigenvalue weighted by Crippen LogP contribution is 2.34. The van der Waals surface area contributed by atoms with Crippen molar-refractivity contribution in [2.45, 2.75) is 25.0 Å². The summed E-state index contributed by atoms with van der Waals surface area (Å²) in [5.41, 5.74) is 6.12. The monoisotopic (exact) mass is 321 g/mol. The maximum absolute atomic E-state index is 12.5. The van der Waals surface area contributed by atoms with Crippen molar-refractivity contribution in [2.75, 3.05) is 0 Å². The summed E-state index contributed by atoms with van der Waals surface area (Å²) in [6.45, 7) is 2.09. The van der Waals surface area contributed by atoms with Gasteiger partial charge in [-0.1, -0.05) is 30.3 Å². The zero-order chi connectivity index (χ0) is 16.7. The molecule has 24 heavy (non-hydrogen) atoms. The van der Waals surface area contributed by atoms with Crippen LogP contribution in [0.3, 0.4) is 0 Å². The number of hydrogen-bond donors (Lipinski definition) is 3. The highest BCUT2D eigenvalue weighted by molar-refractivity contribution is 5.96. The number of phenols is 1. The molecule has 5 nitrogen and oxygen atoms in total. The van der Waals surface area contributed by atoms with Gasteiger partial charge in [0.1, 0.15) is 11.9 Å². The van der Waals surface area contributed by atoms with E-state index in [0.29, 0.717) is 0 Å². The van der Waals surface area contributed by atoms with Crippen molar-refractivity contribution in [3.63, 3.8) is 0 Å². The molecule has 2 heterocycles. The van der Waals surface area contributed by atoms with Crippen LogP contribution in [0.5, 0.6) is 5.75 Å². The van der Waals surface area contributed by atoms with Gasteiger partial charge in [-0.3, -0.25) is 9.80 Å². The summed E-state index contributed by atoms with van der Waals surface area (Å²) in [6.07, 6.45) is 1.44. The second-order valence-electron chi connectivity index (χ2n) is 6.26. The van der Waals surface area contributed by atoms with Gasteiger partial charge in [-0.15, -0.1) is 0 Å². The average Bonchev–Trinajstić information content (AvgIpc) is 2.93. The van der Waals surface area contributed by atoms with E-state index in [9.17, 15) is 9.90 Å². The molecular formula is C19H19N3O2. The molecule has 1 fully saturated rings. The van der Waals surface area contributed by atoms with E-state index in [2.05, 4.69) is 29.8 Å². The molecule has 3 N–H and O–H groups in total. The molecule has 0 spiro atoms. The van der Waals surface area contributed by atoms with E-state index >= 15 is 0 Å². The third-order valence-electron chi connectivity index (χ3n) is 4.67. The second-order valence-corrected chi connectivity index (χ2v) is 6.26. The van der Waals surface area contributed by atoms with Gasteiger partial charge in [0, 0.05) is 23.7 Å². The highest BCUT2D eigenvalue weighted by Gasteiger charge is 2.44. The molecule has 3 unspecified atom stereocenters. The zero-order valence-electron chi connectivity index (χ0n) is 13.3. The van der Waals surface area contributed by atoms with E-state index in [4.69, 9.17) is 0 Å². The Morgan fingerprint density at radius 3 is 2.46 bits per heavy atom. The van der Waals surface area contributed by atoms with Crippen molar-refractivity contribution >= 4 is 11.6 Å². The topological polar surface area (TPSA) is 64.6 Å². The van der Waals surface area contributed by atoms with Crippen LogP contribution in [0.2, 0.25) is 0 Å². The van der Waals surface area contributed by atoms with Crippen molar-refractivity contribution in [3.8, 4) is 5.75 Å². The largest absolute Gasteiger partial charge is 0.508 e. The quantitative estimate of drug-likeness (QED) is 0.793. The maximum Gasteiger partial charge on any atom is 0.264 e. The lowest BCUT2D eigenvalue weighted by Crippen LogP contribution is -2.52. The first-order chi connectivity index (χ1) is 11.6. The fraction of sp³-hybridized carbons (Fsp3) is 0.211. The molecule has 0 saturated carbocycles. The number of benzene rings is 2. The number of aromatic hydroxyl groups is 1. The Morgan fingerprint density at radius 1 is 1.04 bits per heavy atom. The van der Waals surface area contributed by atoms with Gasteiger partial charge in [-0.05, 0) is 42.3 Å². The third-order valence-corrected chi connectivity index (χ3v) is 4.67. The SMILES string of the molecule is CC1NN2C(=O)C=C(c3ccc(O)cc3)NC2C1c1ccccc1. The molecule has 2 aliphatic rings. The van der Waals surface area contributed by atoms with Crippen LogP contribution in [0, 0.1) is 0 Å². The average molecular weight is 321 g/mol. The third kappa shape index (κ3) is 2.43. The minimum Gasteiger partial charge on any atom is -0.508 e. The first kappa shape index (κ1) is 14.8. The predicted molar refractivity (Wildman–Crippen MR) is 91.6 cm³/mol. The molecule has 0 aromatic heterocycles. The summed E-state index contributed by atoms with van der Waals surface area (Å²) in [6, 6.07) is 17.2. The fourth-order valence-electron chi connectivity index (χ4n) is 3.52. The van der Waals surface area contributed by atoms with E-state index in [1.165, 1.54) is 5.56 Å². The Labute approximate surface area is 140 Å². The van der Waals surface area contributed by atoms with Gasteiger partial charge in [-0.25, -0.2) is 5.43 Å². The Kier molecular flexibility index (Phi) is 3.50. The normalized spacial score (nSPS) is 25.9. The zero-order valence-corrected chi connectivity index (χ0v) is 13.3. The summed E-state index contributed by atoms with van der Waals surface area (Å²) in [7, 11) is 0. The van der Waals surface area contributed by atoms with E-state index in [0.717, 1.165) is 11.3 Å². The molecule has 5 heteroatoms. The minimum atomic E-state index is -0.149. The molecule has 3 atom stereocenters. The van der Waals surface area contributed by atoms with Gasteiger partial charge >= 0.3 is 0 Å². The van der Waals surface area contributed by atoms with Crippen molar-refractivity contribution < 1.29 is 9.90 Å². The first-order valence-corrected chi connectivity index (χ1v) is 8.05. The smallest absolute Gasteiger partial charge is 0.264 e. The number of hydrogen-bond acceptors (Lipinski definition) is 4. The molecule has 2 aromatic carbocycles. The highest BCUT2D eigenvalue weighted by atomic mass is 16.3. The number of carbonyl (C=O) groups is 1. The lowest BCUT2D eigenvalue weighted by molar-refractivity contribution is -0.130. The van der Waals surface area contributed by atoms with Crippen LogP contribution >= 0.6 is 0 Å². The van der Waals surface area contributed by atoms with Crippen molar-refractivity contribution in [1.82, 2.24) is 15.8 Å². The number of rotatable bonds is 2. The molecule has 2 aromatic rings. The summed E-state index contributed by atoms with van der Waals surface area (Å²) < 4.78 is 0. The van der Waals surface area contributed by atoms with E-state index in [-0.39, 0.29) is 29.8 Å². The molecule has 4 rings (SSSR count). The number of fused-ring (bicyclic) bond motifs is 1. The lowest BCUT2D eigenvalue weighted by atomic mass is 9.90. The van der Waals surface area contributed by atoms with Crippen LogP contribution < -0.4 is 10.7 Å². The standard InChI is InChI=1S/C19H19N3O2/c1-12-18(14-5-3-2-4-6-14)19-20-16(11-17(24)22(19)21-12)13-7-9-15(23)10-8-13/h2-12,18-21,23H,1H3. The number of carbonyl (C=O) groups excluding carboxylic acids is 1. The molecule has 0 aliphatic carbocycles. The minimum absolute atomic E-state index is 0.0629. The van der Waals surface area contributed by atoms with E-state index < -0.39 is 0 Å². The van der Waals surface area contributed by atoms with Crippen LogP contribution in [0.15, 0.2) is 60.7 Å². The number of phenolic OH excluding ortho intramolecular Hbond substituents is 1. The molecular weight excluding hydrogens is 302 g/mol. The number of amides is 1. The van der Waals surface area contributed by atoms with Crippen LogP contribution in [-0.4, -0.2) is 28.2 Å². The van der Waals surface area contributed by atoms with Gasteiger partial charge < -0.3 is 10.4 Å². The van der Waals surface area contributed by atoms with E-state index in [1.807, 2.05) is 18.2 Å². The first-order valence-electron chi connectivity index (χ1n) is 8.05. The van der Waals surface area contributed by atoms with Crippen molar-refractivity contribution in [2.24, 2.45) is 0 Å². The Hall–Kier alpha value is -2.79. The summed E-state index contributed by atoms with van der Waals surface area (Å²) in [5, 5.41) is 14.6. The summed E-state index contributed by atoms with van der Waals surface area (Å²) in [4.78, 5) is 12.5. The van der Waals surface area contributed by atoms with Gasteiger partial charge in [-0.2, -0.15) is 0 Å². The van der Waals surface area contributed by atoms with Gasteiger partial charge in [0.25, 0.3) is 5.91 Å². The lowest BCUT2D eigenvalue weighted by Gasteiger charge is -2.33. The molecule has 122 valence electrons. The fourth-order valence-corrected chi connectivity index (χ4v) is 3.52. The van der Waals surface area contributed by atoms with Crippen LogP contribution in [0.1, 0.15) is 24.0 Å². The van der Waals surface area contributed by atoms with Crippen LogP contribution in [0.25, 0.3) is 5.70 Å². The Bertz CT molecular complexity index is 786. The van der Waals surface area contributed by atoms with Gasteiger partial charge in [0.05, 0.1) is 0 Å². The summed E-state index contributed by atoms with van der Waals surface area (Å²) >= 11 is 0. The van der Waals surface area contributed by atoms with Gasteiger partial charge in [0.15, 0.2) is 0 Å². The molecule has 0 radical (unpaired) electrons. The molecule has 0 bridgehead atoms. The molecule has 1 amide bonds. The summed E-state index contributed by atoms with van der Waals surface area (Å²) in [5.74, 6) is 0.296. The van der Waals surface area contributed by atoms with Crippen LogP contribution in [0.4, 0.5) is 0 Å². The number of nitrogens with one attached hydrogen (secondary N) is 2. The number of nitrogens with zero attached hydrogens (tertiary/aromatic N) is 1. The van der Waals surface area contributed by atoms with Gasteiger partial charge in [0.2, 0.25) is 0 Å². The Morgan fingerprint density at radius 2 is 1.75 bits per heavy atom. The number of hydrazine groups is 1. The second kappa shape index (κ2) is 5.69. The van der Waals surface area contributed by atoms with Crippen LogP contribution in [-0.2, 0) is 4.79 Å². The molecule has 2 aliphatic heterocycles. The van der Waals surface area contributed by atoms with E-state index in [1.54, 1.807) is 35.4 Å². The molecule has 1 saturated heterocycles. The van der Waals surface area contributed by atoms with Crippen molar-refractivity contribution in [1.29, 1.82) is 0 Å². The maximum atomic E-state index is 12.5. The predicted octanol–water partition coefficient (Wildman–Crippen LogP) is 2.18.